The highest BCUT2D eigenvalue weighted by molar-refractivity contribution is 9.10. The highest BCUT2D eigenvalue weighted by Gasteiger charge is 2.25. The van der Waals surface area contributed by atoms with Crippen LogP contribution in [0.15, 0.2) is 79.4 Å². The Hall–Kier alpha value is -3.74. The van der Waals surface area contributed by atoms with Crippen molar-refractivity contribution in [1.29, 1.82) is 0 Å². The highest BCUT2D eigenvalue weighted by Crippen LogP contribution is 2.32. The number of anilines is 1. The van der Waals surface area contributed by atoms with E-state index >= 15 is 0 Å². The molecule has 12 heteroatoms. The van der Waals surface area contributed by atoms with Crippen molar-refractivity contribution in [1.82, 2.24) is 4.98 Å². The molecule has 3 aromatic heterocycles. The van der Waals surface area contributed by atoms with Crippen LogP contribution >= 0.6 is 38.6 Å². The van der Waals surface area contributed by atoms with Gasteiger partial charge in [-0.3, -0.25) is 14.9 Å². The van der Waals surface area contributed by atoms with E-state index < -0.39 is 16.5 Å². The molecule has 3 heterocycles. The molecule has 0 aliphatic heterocycles. The number of nitrogens with zero attached hydrogens (tertiary/aromatic N) is 4. The number of para-hydroxylation sites is 1. The molecule has 0 saturated heterocycles. The maximum atomic E-state index is 13.5. The fourth-order valence-electron chi connectivity index (χ4n) is 3.12. The number of rotatable bonds is 5. The summed E-state index contributed by atoms with van der Waals surface area (Å²) in [6.45, 7) is 0. The molecule has 0 N–H and O–H groups in total. The van der Waals surface area contributed by atoms with E-state index in [1.165, 1.54) is 35.8 Å². The summed E-state index contributed by atoms with van der Waals surface area (Å²) in [6.07, 6.45) is 1.32. The fourth-order valence-corrected chi connectivity index (χ4v) is 5.28. The van der Waals surface area contributed by atoms with E-state index in [0.717, 1.165) is 25.5 Å². The fraction of sp³-hybridized carbons (Fsp3) is 0. The number of nitro groups is 1. The second-order valence-electron chi connectivity index (χ2n) is 6.89. The van der Waals surface area contributed by atoms with E-state index in [1.807, 2.05) is 12.1 Å². The van der Waals surface area contributed by atoms with Gasteiger partial charge in [-0.1, -0.05) is 56.8 Å². The number of amides is 1. The first-order valence-corrected chi connectivity index (χ1v) is 12.0. The van der Waals surface area contributed by atoms with Gasteiger partial charge in [0, 0.05) is 15.9 Å². The molecule has 5 aromatic rings. The van der Waals surface area contributed by atoms with Crippen LogP contribution in [0.3, 0.4) is 0 Å². The SMILES string of the molecule is O=C(c1cc2ccccc2oc1=O)N(/N=C/c1ccc([N+](=O)[O-])s1)c1nc2ccc(Br)cc2s1. The molecule has 0 aliphatic rings. The van der Waals surface area contributed by atoms with Gasteiger partial charge in [0.2, 0.25) is 5.13 Å². The lowest BCUT2D eigenvalue weighted by molar-refractivity contribution is -0.380. The summed E-state index contributed by atoms with van der Waals surface area (Å²) in [5.74, 6) is -0.736. The number of hydrogen-bond donors (Lipinski definition) is 0. The summed E-state index contributed by atoms with van der Waals surface area (Å²) in [7, 11) is 0. The predicted molar refractivity (Wildman–Crippen MR) is 135 cm³/mol. The van der Waals surface area contributed by atoms with E-state index in [1.54, 1.807) is 30.3 Å². The number of hydrazone groups is 1. The van der Waals surface area contributed by atoms with E-state index in [0.29, 0.717) is 21.4 Å². The van der Waals surface area contributed by atoms with Gasteiger partial charge in [-0.2, -0.15) is 10.1 Å². The summed E-state index contributed by atoms with van der Waals surface area (Å²) >= 11 is 5.53. The van der Waals surface area contributed by atoms with Gasteiger partial charge < -0.3 is 4.42 Å². The summed E-state index contributed by atoms with van der Waals surface area (Å²) in [4.78, 5) is 41.5. The lowest BCUT2D eigenvalue weighted by Gasteiger charge is -2.13. The molecule has 0 spiro atoms. The van der Waals surface area contributed by atoms with E-state index in [2.05, 4.69) is 26.0 Å². The van der Waals surface area contributed by atoms with Crippen LogP contribution in [0, 0.1) is 10.1 Å². The molecular weight excluding hydrogens is 544 g/mol. The number of hydrogen-bond acceptors (Lipinski definition) is 9. The molecule has 0 radical (unpaired) electrons. The predicted octanol–water partition coefficient (Wildman–Crippen LogP) is 5.82. The molecule has 0 bridgehead atoms. The normalized spacial score (nSPS) is 11.4. The maximum absolute atomic E-state index is 13.5. The number of benzene rings is 2. The highest BCUT2D eigenvalue weighted by atomic mass is 79.9. The zero-order chi connectivity index (χ0) is 23.8. The van der Waals surface area contributed by atoms with Gasteiger partial charge >= 0.3 is 10.6 Å². The van der Waals surface area contributed by atoms with Gasteiger partial charge in [0.15, 0.2) is 0 Å². The van der Waals surface area contributed by atoms with Crippen LogP contribution in [0.4, 0.5) is 10.1 Å². The quantitative estimate of drug-likeness (QED) is 0.117. The molecule has 0 aliphatic carbocycles. The number of carbonyl (C=O) groups is 1. The van der Waals surface area contributed by atoms with E-state index in [4.69, 9.17) is 4.42 Å². The van der Waals surface area contributed by atoms with Crippen LogP contribution in [0.5, 0.6) is 0 Å². The Morgan fingerprint density at radius 2 is 1.97 bits per heavy atom. The van der Waals surface area contributed by atoms with Crippen LogP contribution < -0.4 is 10.6 Å². The van der Waals surface area contributed by atoms with Crippen LogP contribution in [0.2, 0.25) is 0 Å². The topological polar surface area (TPSA) is 119 Å². The lowest BCUT2D eigenvalue weighted by atomic mass is 10.2. The number of thiophene rings is 1. The van der Waals surface area contributed by atoms with Crippen molar-refractivity contribution in [2.24, 2.45) is 5.10 Å². The molecule has 0 unspecified atom stereocenters. The number of carbonyl (C=O) groups excluding carboxylic acids is 1. The minimum atomic E-state index is -0.806. The average molecular weight is 555 g/mol. The van der Waals surface area contributed by atoms with Crippen molar-refractivity contribution in [3.05, 3.63) is 96.1 Å². The third-order valence-electron chi connectivity index (χ3n) is 4.68. The first kappa shape index (κ1) is 22.1. The second kappa shape index (κ2) is 8.89. The number of thiazole rings is 1. The molecule has 1 amide bonds. The summed E-state index contributed by atoms with van der Waals surface area (Å²) in [6, 6.07) is 16.6. The van der Waals surface area contributed by atoms with Crippen molar-refractivity contribution in [2.75, 3.05) is 5.01 Å². The van der Waals surface area contributed by atoms with E-state index in [9.17, 15) is 19.7 Å². The van der Waals surface area contributed by atoms with Gasteiger partial charge in [0.1, 0.15) is 11.1 Å². The third kappa shape index (κ3) is 4.25. The molecule has 0 saturated carbocycles. The largest absolute Gasteiger partial charge is 0.422 e. The number of fused-ring (bicyclic) bond motifs is 2. The molecule has 9 nitrogen and oxygen atoms in total. The zero-order valence-electron chi connectivity index (χ0n) is 16.9. The molecule has 5 rings (SSSR count). The summed E-state index contributed by atoms with van der Waals surface area (Å²) in [5, 5.41) is 17.0. The van der Waals surface area contributed by atoms with Gasteiger partial charge in [0.05, 0.1) is 26.2 Å². The Bertz CT molecular complexity index is 1670. The standard InChI is InChI=1S/C22H11BrN4O5S2/c23-13-5-7-16-18(10-13)34-22(25-16)26(24-11-14-6-8-19(33-14)27(30)31)20(28)15-9-12-3-1-2-4-17(12)32-21(15)29/h1-11H/b24-11+. The monoisotopic (exact) mass is 554 g/mol. The minimum absolute atomic E-state index is 0.0562. The van der Waals surface area contributed by atoms with E-state index in [-0.39, 0.29) is 15.7 Å². The van der Waals surface area contributed by atoms with Crippen LogP contribution in [-0.2, 0) is 0 Å². The van der Waals surface area contributed by atoms with Crippen LogP contribution in [0.1, 0.15) is 15.2 Å². The smallest absolute Gasteiger partial charge is 0.349 e. The molecule has 0 atom stereocenters. The molecule has 34 heavy (non-hydrogen) atoms. The number of halogens is 1. The van der Waals surface area contributed by atoms with Crippen molar-refractivity contribution in [2.45, 2.75) is 0 Å². The first-order valence-electron chi connectivity index (χ1n) is 9.61. The Morgan fingerprint density at radius 3 is 2.76 bits per heavy atom. The maximum Gasteiger partial charge on any atom is 0.349 e. The molecule has 168 valence electrons. The zero-order valence-corrected chi connectivity index (χ0v) is 20.1. The third-order valence-corrected chi connectivity index (χ3v) is 7.14. The average Bonchev–Trinajstić information content (AvgIpc) is 3.45. The van der Waals surface area contributed by atoms with Crippen LogP contribution in [0.25, 0.3) is 21.2 Å². The van der Waals surface area contributed by atoms with Crippen molar-refractivity contribution < 1.29 is 14.1 Å². The number of aromatic nitrogens is 1. The first-order chi connectivity index (χ1) is 16.4. The van der Waals surface area contributed by atoms with Gasteiger partial charge in [-0.05, 0) is 36.4 Å². The Balaban J connectivity index is 1.61. The van der Waals surface area contributed by atoms with Gasteiger partial charge in [-0.25, -0.2) is 9.78 Å². The van der Waals surface area contributed by atoms with Crippen molar-refractivity contribution in [3.63, 3.8) is 0 Å². The Kier molecular flexibility index (Phi) is 5.77. The second-order valence-corrected chi connectivity index (χ2v) is 9.91. The molecule has 0 fully saturated rings. The molecule has 2 aromatic carbocycles. The summed E-state index contributed by atoms with van der Waals surface area (Å²) in [5.41, 5.74) is -0.0173. The van der Waals surface area contributed by atoms with Gasteiger partial charge in [0.25, 0.3) is 5.91 Å². The Labute approximate surface area is 206 Å². The van der Waals surface area contributed by atoms with Crippen LogP contribution in [-0.4, -0.2) is 22.0 Å². The molecular formula is C22H11BrN4O5S2. The van der Waals surface area contributed by atoms with Crippen molar-refractivity contribution in [3.8, 4) is 0 Å². The minimum Gasteiger partial charge on any atom is -0.422 e. The summed E-state index contributed by atoms with van der Waals surface area (Å²) < 4.78 is 6.96. The van der Waals surface area contributed by atoms with Crippen molar-refractivity contribution >= 4 is 82.0 Å². The Morgan fingerprint density at radius 1 is 1.15 bits per heavy atom. The lowest BCUT2D eigenvalue weighted by Crippen LogP contribution is -2.30. The van der Waals surface area contributed by atoms with Gasteiger partial charge in [-0.15, -0.1) is 0 Å².